The van der Waals surface area contributed by atoms with E-state index in [1.807, 2.05) is 0 Å². The van der Waals surface area contributed by atoms with E-state index in [1.54, 1.807) is 15.7 Å². The van der Waals surface area contributed by atoms with Gasteiger partial charge in [0.15, 0.2) is 5.82 Å². The van der Waals surface area contributed by atoms with Gasteiger partial charge in [-0.15, -0.1) is 0 Å². The lowest BCUT2D eigenvalue weighted by Gasteiger charge is -2.22. The van der Waals surface area contributed by atoms with Gasteiger partial charge in [-0.1, -0.05) is 18.2 Å². The van der Waals surface area contributed by atoms with Crippen LogP contribution < -0.4 is 16.4 Å². The van der Waals surface area contributed by atoms with E-state index in [0.29, 0.717) is 24.3 Å². The Balaban J connectivity index is 1.47. The van der Waals surface area contributed by atoms with Crippen LogP contribution in [0.3, 0.4) is 0 Å². The summed E-state index contributed by atoms with van der Waals surface area (Å²) in [5, 5.41) is 7.96. The van der Waals surface area contributed by atoms with Crippen molar-refractivity contribution in [2.75, 3.05) is 25.0 Å². The van der Waals surface area contributed by atoms with Crippen molar-refractivity contribution in [3.63, 3.8) is 0 Å². The van der Waals surface area contributed by atoms with Gasteiger partial charge in [0, 0.05) is 57.2 Å². The summed E-state index contributed by atoms with van der Waals surface area (Å²) in [4.78, 5) is 39.2. The average Bonchev–Trinajstić information content (AvgIpc) is 3.37. The number of aryl methyl sites for hydroxylation is 1. The van der Waals surface area contributed by atoms with Crippen LogP contribution in [0.5, 0.6) is 0 Å². The highest BCUT2D eigenvalue weighted by atomic mass is 19.3. The molecule has 1 saturated carbocycles. The van der Waals surface area contributed by atoms with E-state index in [4.69, 9.17) is 0 Å². The molecule has 2 aromatic heterocycles. The van der Waals surface area contributed by atoms with E-state index in [9.17, 15) is 27.6 Å². The minimum absolute atomic E-state index is 0.0496. The molecule has 1 N–H and O–H groups in total. The number of amides is 1. The van der Waals surface area contributed by atoms with Gasteiger partial charge in [0.1, 0.15) is 5.82 Å². The number of anilines is 1. The monoisotopic (exact) mass is 487 g/mol. The average molecular weight is 487 g/mol. The molecule has 1 amide bonds. The normalized spacial score (nSPS) is 21.0. The number of likely N-dealkylation sites (tertiary alicyclic amines) is 1. The number of hydrogen-bond donors (Lipinski definition) is 1. The molecular formula is C24H24F3N5O3. The molecule has 5 rings (SSSR count). The van der Waals surface area contributed by atoms with Crippen molar-refractivity contribution in [1.29, 1.82) is 0 Å². The van der Waals surface area contributed by atoms with Gasteiger partial charge in [-0.2, -0.15) is 5.10 Å². The third kappa shape index (κ3) is 3.78. The van der Waals surface area contributed by atoms with Crippen molar-refractivity contribution in [3.05, 3.63) is 68.1 Å². The van der Waals surface area contributed by atoms with E-state index in [1.165, 1.54) is 32.2 Å². The number of benzene rings is 1. The fraction of sp³-hybridized carbons (Fsp3) is 0.417. The van der Waals surface area contributed by atoms with Gasteiger partial charge < -0.3 is 14.8 Å². The quantitative estimate of drug-likeness (QED) is 0.577. The van der Waals surface area contributed by atoms with Gasteiger partial charge in [-0.3, -0.25) is 14.4 Å². The number of hydrogen-bond acceptors (Lipinski definition) is 5. The maximum absolute atomic E-state index is 14.4. The van der Waals surface area contributed by atoms with E-state index >= 15 is 0 Å². The Morgan fingerprint density at radius 3 is 2.74 bits per heavy atom. The lowest BCUT2D eigenvalue weighted by Crippen LogP contribution is -2.38. The zero-order chi connectivity index (χ0) is 25.1. The predicted molar refractivity (Wildman–Crippen MR) is 123 cm³/mol. The van der Waals surface area contributed by atoms with Crippen LogP contribution in [0.4, 0.5) is 19.0 Å². The van der Waals surface area contributed by atoms with Gasteiger partial charge in [0.2, 0.25) is 5.91 Å². The fourth-order valence-corrected chi connectivity index (χ4v) is 5.15. The van der Waals surface area contributed by atoms with Crippen LogP contribution in [0, 0.1) is 11.7 Å². The van der Waals surface area contributed by atoms with Gasteiger partial charge >= 0.3 is 0 Å². The van der Waals surface area contributed by atoms with Crippen molar-refractivity contribution in [3.8, 4) is 0 Å². The second kappa shape index (κ2) is 8.24. The molecule has 2 aliphatic rings. The van der Waals surface area contributed by atoms with Crippen LogP contribution in [0.15, 0.2) is 40.1 Å². The van der Waals surface area contributed by atoms with E-state index in [0.717, 1.165) is 17.2 Å². The van der Waals surface area contributed by atoms with Crippen molar-refractivity contribution in [1.82, 2.24) is 19.2 Å². The molecule has 0 spiro atoms. The maximum Gasteiger partial charge on any atom is 0.274 e. The Kier molecular flexibility index (Phi) is 5.45. The van der Waals surface area contributed by atoms with Gasteiger partial charge in [-0.25, -0.2) is 17.9 Å². The Morgan fingerprint density at radius 1 is 1.29 bits per heavy atom. The molecule has 35 heavy (non-hydrogen) atoms. The largest absolute Gasteiger partial charge is 0.368 e. The summed E-state index contributed by atoms with van der Waals surface area (Å²) in [7, 11) is 1.46. The van der Waals surface area contributed by atoms with Crippen molar-refractivity contribution < 1.29 is 18.0 Å². The molecule has 1 aliphatic heterocycles. The molecule has 1 saturated heterocycles. The summed E-state index contributed by atoms with van der Waals surface area (Å²) >= 11 is 0. The number of carbonyl (C=O) groups excluding carboxylic acids is 1. The van der Waals surface area contributed by atoms with Gasteiger partial charge in [0.25, 0.3) is 17.5 Å². The topological polar surface area (TPSA) is 89.2 Å². The first-order valence-electron chi connectivity index (χ1n) is 11.3. The van der Waals surface area contributed by atoms with Crippen molar-refractivity contribution in [2.45, 2.75) is 31.7 Å². The minimum Gasteiger partial charge on any atom is -0.368 e. The Morgan fingerprint density at radius 2 is 2.06 bits per heavy atom. The van der Waals surface area contributed by atoms with Crippen molar-refractivity contribution >= 4 is 22.5 Å². The highest BCUT2D eigenvalue weighted by Crippen LogP contribution is 2.55. The number of nitrogens with zero attached hydrogens (tertiary/aromatic N) is 4. The van der Waals surface area contributed by atoms with Gasteiger partial charge in [-0.05, 0) is 18.4 Å². The van der Waals surface area contributed by atoms with E-state index < -0.39 is 28.9 Å². The molecule has 0 unspecified atom stereocenters. The first kappa shape index (κ1) is 23.1. The number of alkyl halides is 2. The molecule has 2 fully saturated rings. The molecular weight excluding hydrogens is 463 g/mol. The molecule has 1 aromatic carbocycles. The molecule has 3 aromatic rings. The first-order chi connectivity index (χ1) is 16.6. The zero-order valence-electron chi connectivity index (χ0n) is 19.2. The van der Waals surface area contributed by atoms with Crippen LogP contribution in [0.25, 0.3) is 10.8 Å². The smallest absolute Gasteiger partial charge is 0.274 e. The van der Waals surface area contributed by atoms with Crippen LogP contribution in [0.1, 0.15) is 30.9 Å². The standard InChI is InChI=1S/C24H24F3N5O3/c1-13(33)31-10-15-9-24(15,12-31)32-11-18-17(8-19(32)34)23(35)30(2)29-22(18)28-7-6-14-4-3-5-16(20(14)25)21(26)27/h3-5,8,11,15,21H,6-7,9-10,12H2,1-2H3,(H,28,29)/t15-,24+/m1/s1. The summed E-state index contributed by atoms with van der Waals surface area (Å²) in [6.45, 7) is 2.67. The number of aromatic nitrogens is 3. The summed E-state index contributed by atoms with van der Waals surface area (Å²) in [5.41, 5.74) is -1.77. The number of pyridine rings is 1. The SMILES string of the molecule is CC(=O)N1C[C@H]2C[C@]2(n2cc3c(NCCc4cccc(C(F)F)c4F)nn(C)c(=O)c3cc2=O)C1. The Hall–Kier alpha value is -3.63. The van der Waals surface area contributed by atoms with E-state index in [2.05, 4.69) is 10.4 Å². The van der Waals surface area contributed by atoms with Crippen LogP contribution in [-0.4, -0.2) is 44.8 Å². The summed E-state index contributed by atoms with van der Waals surface area (Å²) in [5.74, 6) is -0.503. The highest BCUT2D eigenvalue weighted by molar-refractivity contribution is 5.90. The number of fused-ring (bicyclic) bond motifs is 2. The first-order valence-corrected chi connectivity index (χ1v) is 11.3. The highest BCUT2D eigenvalue weighted by Gasteiger charge is 2.62. The third-order valence-corrected chi connectivity index (χ3v) is 7.14. The lowest BCUT2D eigenvalue weighted by atomic mass is 10.1. The number of carbonyl (C=O) groups is 1. The summed E-state index contributed by atoms with van der Waals surface area (Å²) in [6, 6.07) is 5.17. The zero-order valence-corrected chi connectivity index (χ0v) is 19.2. The molecule has 184 valence electrons. The Labute approximate surface area is 198 Å². The Bertz CT molecular complexity index is 1470. The number of piperidine rings is 1. The van der Waals surface area contributed by atoms with Crippen molar-refractivity contribution in [2.24, 2.45) is 13.0 Å². The molecule has 1 aliphatic carbocycles. The molecule has 3 heterocycles. The fourth-order valence-electron chi connectivity index (χ4n) is 5.15. The number of halogens is 3. The lowest BCUT2D eigenvalue weighted by molar-refractivity contribution is -0.128. The second-order valence-corrected chi connectivity index (χ2v) is 9.29. The molecule has 0 radical (unpaired) electrons. The predicted octanol–water partition coefficient (Wildman–Crippen LogP) is 2.40. The minimum atomic E-state index is -2.91. The second-order valence-electron chi connectivity index (χ2n) is 9.29. The molecule has 11 heteroatoms. The summed E-state index contributed by atoms with van der Waals surface area (Å²) in [6.07, 6.45) is -0.426. The maximum atomic E-state index is 14.4. The third-order valence-electron chi connectivity index (χ3n) is 7.14. The summed E-state index contributed by atoms with van der Waals surface area (Å²) < 4.78 is 43.1. The number of rotatable bonds is 6. The molecule has 2 atom stereocenters. The van der Waals surface area contributed by atoms with Crippen LogP contribution in [-0.2, 0) is 23.8 Å². The van der Waals surface area contributed by atoms with Gasteiger partial charge in [0.05, 0.1) is 16.5 Å². The molecule has 0 bridgehead atoms. The van der Waals surface area contributed by atoms with Crippen LogP contribution in [0.2, 0.25) is 0 Å². The van der Waals surface area contributed by atoms with Crippen LogP contribution >= 0.6 is 0 Å². The number of nitrogens with one attached hydrogen (secondary N) is 1. The van der Waals surface area contributed by atoms with E-state index in [-0.39, 0.29) is 41.3 Å². The molecule has 8 nitrogen and oxygen atoms in total.